The number of para-hydroxylation sites is 1. The Morgan fingerprint density at radius 2 is 1.74 bits per heavy atom. The lowest BCUT2D eigenvalue weighted by atomic mass is 9.99. The first kappa shape index (κ1) is 13.3. The van der Waals surface area contributed by atoms with E-state index in [-0.39, 0.29) is 5.78 Å². The number of carbonyl (C=O) groups excluding carboxylic acids is 1. The summed E-state index contributed by atoms with van der Waals surface area (Å²) in [6, 6.07) is 11.1. The van der Waals surface area contributed by atoms with E-state index in [1.165, 1.54) is 0 Å². The fraction of sp³-hybridized carbons (Fsp3) is 0.250. The van der Waals surface area contributed by atoms with Crippen LogP contribution in [0.5, 0.6) is 5.75 Å². The minimum Gasteiger partial charge on any atom is -0.482 e. The Bertz CT molecular complexity index is 576. The number of aromatic nitrogens is 1. The number of hydrogen-bond donors (Lipinski definition) is 0. The maximum atomic E-state index is 11.6. The van der Waals surface area contributed by atoms with Crippen molar-refractivity contribution in [1.29, 1.82) is 0 Å². The molecule has 2 aromatic rings. The third-order valence-corrected chi connectivity index (χ3v) is 3.01. The van der Waals surface area contributed by atoms with Gasteiger partial charge in [0.2, 0.25) is 0 Å². The smallest absolute Gasteiger partial charge is 0.163 e. The molecule has 1 aromatic heterocycles. The molecule has 0 amide bonds. The molecule has 0 saturated heterocycles. The predicted octanol–water partition coefficient (Wildman–Crippen LogP) is 3.60. The fourth-order valence-corrected chi connectivity index (χ4v) is 1.93. The second kappa shape index (κ2) is 5.22. The molecule has 0 fully saturated rings. The zero-order valence-electron chi connectivity index (χ0n) is 11.4. The van der Waals surface area contributed by atoms with Gasteiger partial charge in [-0.2, -0.15) is 0 Å². The lowest BCUT2D eigenvalue weighted by molar-refractivity contribution is 0.0956. The third-order valence-electron chi connectivity index (χ3n) is 3.01. The quantitative estimate of drug-likeness (QED) is 0.784. The van der Waals surface area contributed by atoms with E-state index < -0.39 is 5.60 Å². The van der Waals surface area contributed by atoms with E-state index in [1.54, 1.807) is 25.4 Å². The van der Waals surface area contributed by atoms with Crippen LogP contribution in [0.25, 0.3) is 0 Å². The molecule has 98 valence electrons. The second-order valence-electron chi connectivity index (χ2n) is 4.90. The molecule has 19 heavy (non-hydrogen) atoms. The van der Waals surface area contributed by atoms with Gasteiger partial charge in [0, 0.05) is 12.4 Å². The van der Waals surface area contributed by atoms with E-state index in [2.05, 4.69) is 4.98 Å². The summed E-state index contributed by atoms with van der Waals surface area (Å²) in [5, 5.41) is 0. The van der Waals surface area contributed by atoms with Crippen molar-refractivity contribution >= 4 is 5.78 Å². The number of ketones is 1. The summed E-state index contributed by atoms with van der Waals surface area (Å²) in [6.45, 7) is 5.49. The topological polar surface area (TPSA) is 39.2 Å². The SMILES string of the molecule is CC(=O)c1ccccc1OC(C)(C)c1ccncc1. The van der Waals surface area contributed by atoms with Crippen molar-refractivity contribution in [2.24, 2.45) is 0 Å². The number of carbonyl (C=O) groups is 1. The molecule has 0 saturated carbocycles. The molecule has 0 aliphatic carbocycles. The maximum absolute atomic E-state index is 11.6. The molecule has 0 atom stereocenters. The molecule has 3 heteroatoms. The lowest BCUT2D eigenvalue weighted by Crippen LogP contribution is -2.26. The van der Waals surface area contributed by atoms with Crippen LogP contribution in [-0.4, -0.2) is 10.8 Å². The molecule has 1 heterocycles. The maximum Gasteiger partial charge on any atom is 0.163 e. The van der Waals surface area contributed by atoms with Crippen LogP contribution in [0.15, 0.2) is 48.8 Å². The molecular weight excluding hydrogens is 238 g/mol. The first-order valence-corrected chi connectivity index (χ1v) is 6.20. The predicted molar refractivity (Wildman–Crippen MR) is 74.3 cm³/mol. The number of rotatable bonds is 4. The largest absolute Gasteiger partial charge is 0.482 e. The van der Waals surface area contributed by atoms with Gasteiger partial charge in [0.1, 0.15) is 11.4 Å². The van der Waals surface area contributed by atoms with Crippen molar-refractivity contribution in [1.82, 2.24) is 4.98 Å². The fourth-order valence-electron chi connectivity index (χ4n) is 1.93. The van der Waals surface area contributed by atoms with Gasteiger partial charge in [0.15, 0.2) is 5.78 Å². The summed E-state index contributed by atoms with van der Waals surface area (Å²) in [4.78, 5) is 15.6. The Hall–Kier alpha value is -2.16. The molecule has 0 unspecified atom stereocenters. The van der Waals surface area contributed by atoms with Crippen LogP contribution in [-0.2, 0) is 5.60 Å². The molecule has 0 bridgehead atoms. The van der Waals surface area contributed by atoms with E-state index in [9.17, 15) is 4.79 Å². The zero-order chi connectivity index (χ0) is 13.9. The molecule has 0 aliphatic rings. The van der Waals surface area contributed by atoms with Crippen molar-refractivity contribution < 1.29 is 9.53 Å². The Balaban J connectivity index is 2.33. The van der Waals surface area contributed by atoms with Crippen molar-refractivity contribution in [2.45, 2.75) is 26.4 Å². The van der Waals surface area contributed by atoms with Gasteiger partial charge in [-0.1, -0.05) is 12.1 Å². The first-order valence-electron chi connectivity index (χ1n) is 6.20. The van der Waals surface area contributed by atoms with E-state index in [4.69, 9.17) is 4.74 Å². The Kier molecular flexibility index (Phi) is 3.65. The van der Waals surface area contributed by atoms with Crippen LogP contribution in [0, 0.1) is 0 Å². The average Bonchev–Trinajstić information content (AvgIpc) is 2.39. The van der Waals surface area contributed by atoms with Crippen LogP contribution < -0.4 is 4.74 Å². The highest BCUT2D eigenvalue weighted by Crippen LogP contribution is 2.29. The van der Waals surface area contributed by atoms with Crippen LogP contribution in [0.1, 0.15) is 36.7 Å². The van der Waals surface area contributed by atoms with Crippen molar-refractivity contribution in [3.05, 3.63) is 59.9 Å². The van der Waals surface area contributed by atoms with E-state index in [0.717, 1.165) is 5.56 Å². The highest BCUT2D eigenvalue weighted by molar-refractivity contribution is 5.96. The van der Waals surface area contributed by atoms with Crippen molar-refractivity contribution in [3.8, 4) is 5.75 Å². The highest BCUT2D eigenvalue weighted by Gasteiger charge is 2.24. The summed E-state index contributed by atoms with van der Waals surface area (Å²) in [6.07, 6.45) is 3.47. The monoisotopic (exact) mass is 255 g/mol. The van der Waals surface area contributed by atoms with Gasteiger partial charge in [0.05, 0.1) is 5.56 Å². The lowest BCUT2D eigenvalue weighted by Gasteiger charge is -2.27. The van der Waals surface area contributed by atoms with Crippen LogP contribution in [0.4, 0.5) is 0 Å². The first-order chi connectivity index (χ1) is 9.00. The summed E-state index contributed by atoms with van der Waals surface area (Å²) < 4.78 is 6.03. The minimum atomic E-state index is -0.519. The molecule has 2 rings (SSSR count). The molecule has 0 aliphatic heterocycles. The average molecular weight is 255 g/mol. The van der Waals surface area contributed by atoms with Crippen LogP contribution in [0.2, 0.25) is 0 Å². The van der Waals surface area contributed by atoms with E-state index in [0.29, 0.717) is 11.3 Å². The number of pyridine rings is 1. The number of ether oxygens (including phenoxy) is 1. The molecular formula is C16H17NO2. The highest BCUT2D eigenvalue weighted by atomic mass is 16.5. The summed E-state index contributed by atoms with van der Waals surface area (Å²) in [5.41, 5.74) is 1.10. The van der Waals surface area contributed by atoms with Crippen molar-refractivity contribution in [3.63, 3.8) is 0 Å². The third kappa shape index (κ3) is 2.99. The standard InChI is InChI=1S/C16H17NO2/c1-12(18)14-6-4-5-7-15(14)19-16(2,3)13-8-10-17-11-9-13/h4-11H,1-3H3. The number of benzene rings is 1. The number of hydrogen-bond acceptors (Lipinski definition) is 3. The van der Waals surface area contributed by atoms with Gasteiger partial charge in [-0.25, -0.2) is 0 Å². The van der Waals surface area contributed by atoms with Gasteiger partial charge in [-0.05, 0) is 50.6 Å². The molecule has 1 aromatic carbocycles. The Morgan fingerprint density at radius 1 is 1.11 bits per heavy atom. The molecule has 0 spiro atoms. The summed E-state index contributed by atoms with van der Waals surface area (Å²) in [7, 11) is 0. The zero-order valence-corrected chi connectivity index (χ0v) is 11.4. The number of nitrogens with zero attached hydrogens (tertiary/aromatic N) is 1. The van der Waals surface area contributed by atoms with Gasteiger partial charge in [-0.3, -0.25) is 9.78 Å². The van der Waals surface area contributed by atoms with Crippen molar-refractivity contribution in [2.75, 3.05) is 0 Å². The van der Waals surface area contributed by atoms with E-state index >= 15 is 0 Å². The Morgan fingerprint density at radius 3 is 2.37 bits per heavy atom. The van der Waals surface area contributed by atoms with Gasteiger partial charge in [-0.15, -0.1) is 0 Å². The Labute approximate surface area is 113 Å². The number of Topliss-reactive ketones (excluding diaryl/α,β-unsaturated/α-hetero) is 1. The summed E-state index contributed by atoms with van der Waals surface area (Å²) in [5.74, 6) is 0.609. The molecule has 3 nitrogen and oxygen atoms in total. The van der Waals surface area contributed by atoms with Gasteiger partial charge < -0.3 is 4.74 Å². The summed E-state index contributed by atoms with van der Waals surface area (Å²) >= 11 is 0. The van der Waals surface area contributed by atoms with Crippen LogP contribution in [0.3, 0.4) is 0 Å². The minimum absolute atomic E-state index is 0.00104. The van der Waals surface area contributed by atoms with Gasteiger partial charge >= 0.3 is 0 Å². The van der Waals surface area contributed by atoms with Crippen LogP contribution >= 0.6 is 0 Å². The molecule has 0 radical (unpaired) electrons. The van der Waals surface area contributed by atoms with Gasteiger partial charge in [0.25, 0.3) is 0 Å². The molecule has 0 N–H and O–H groups in total. The second-order valence-corrected chi connectivity index (χ2v) is 4.90. The van der Waals surface area contributed by atoms with E-state index in [1.807, 2.05) is 44.2 Å². The normalized spacial score (nSPS) is 11.1.